The number of likely N-dealkylation sites (tertiary alicyclic amines) is 1. The molecule has 27 heavy (non-hydrogen) atoms. The van der Waals surface area contributed by atoms with Crippen molar-refractivity contribution in [3.63, 3.8) is 0 Å². The minimum atomic E-state index is 0.0399. The smallest absolute Gasteiger partial charge is 0.234 e. The summed E-state index contributed by atoms with van der Waals surface area (Å²) in [5.74, 6) is 0.871. The molecule has 2 aliphatic heterocycles. The number of nitrogens with one attached hydrogen (secondary N) is 2. The van der Waals surface area contributed by atoms with Crippen molar-refractivity contribution < 1.29 is 9.53 Å². The van der Waals surface area contributed by atoms with E-state index in [0.29, 0.717) is 30.6 Å². The van der Waals surface area contributed by atoms with Gasteiger partial charge in [-0.25, -0.2) is 0 Å². The van der Waals surface area contributed by atoms with Crippen LogP contribution in [0.5, 0.6) is 0 Å². The van der Waals surface area contributed by atoms with E-state index < -0.39 is 0 Å². The average molecular weight is 370 g/mol. The van der Waals surface area contributed by atoms with Gasteiger partial charge in [0.1, 0.15) is 0 Å². The van der Waals surface area contributed by atoms with Crippen molar-refractivity contribution in [2.45, 2.75) is 68.2 Å². The van der Waals surface area contributed by atoms with Crippen LogP contribution >= 0.6 is 0 Å². The van der Waals surface area contributed by atoms with Crippen molar-refractivity contribution in [3.05, 3.63) is 35.9 Å². The molecule has 2 aliphatic carbocycles. The van der Waals surface area contributed by atoms with Gasteiger partial charge in [0.05, 0.1) is 18.8 Å². The molecule has 0 radical (unpaired) electrons. The van der Waals surface area contributed by atoms with Crippen molar-refractivity contribution in [1.82, 2.24) is 15.5 Å². The second-order valence-corrected chi connectivity index (χ2v) is 9.04. The number of hydrogen-bond donors (Lipinski definition) is 2. The summed E-state index contributed by atoms with van der Waals surface area (Å²) in [6.07, 6.45) is 6.78. The van der Waals surface area contributed by atoms with Gasteiger partial charge in [-0.05, 0) is 44.1 Å². The Morgan fingerprint density at radius 2 is 1.93 bits per heavy atom. The Morgan fingerprint density at radius 3 is 2.67 bits per heavy atom. The van der Waals surface area contributed by atoms with Gasteiger partial charge < -0.3 is 15.4 Å². The van der Waals surface area contributed by atoms with Crippen LogP contribution in [0.25, 0.3) is 0 Å². The summed E-state index contributed by atoms with van der Waals surface area (Å²) in [5.41, 5.74) is 1.50. The number of carbonyl (C=O) groups excluding carboxylic acids is 1. The van der Waals surface area contributed by atoms with Crippen LogP contribution in [-0.2, 0) is 9.53 Å². The van der Waals surface area contributed by atoms with E-state index in [9.17, 15) is 4.79 Å². The molecule has 2 N–H and O–H groups in total. The fourth-order valence-electron chi connectivity index (χ4n) is 4.87. The Morgan fingerprint density at radius 1 is 1.15 bits per heavy atom. The summed E-state index contributed by atoms with van der Waals surface area (Å²) in [5, 5.41) is 6.94. The normalized spacial score (nSPS) is 32.5. The Balaban J connectivity index is 1.06. The van der Waals surface area contributed by atoms with Gasteiger partial charge in [0.2, 0.25) is 5.91 Å². The van der Waals surface area contributed by atoms with Crippen LogP contribution in [-0.4, -0.2) is 60.8 Å². The Bertz CT molecular complexity index is 667. The van der Waals surface area contributed by atoms with E-state index in [1.54, 1.807) is 0 Å². The first-order valence-corrected chi connectivity index (χ1v) is 10.7. The third kappa shape index (κ3) is 4.20. The van der Waals surface area contributed by atoms with E-state index in [0.717, 1.165) is 51.8 Å². The number of ether oxygens (including phenoxy) is 1. The van der Waals surface area contributed by atoms with Gasteiger partial charge in [-0.15, -0.1) is 0 Å². The first-order chi connectivity index (χ1) is 13.2. The quantitative estimate of drug-likeness (QED) is 0.806. The summed E-state index contributed by atoms with van der Waals surface area (Å²) in [6.45, 7) is 3.33. The average Bonchev–Trinajstić information content (AvgIpc) is 3.59. The molecule has 0 aromatic heterocycles. The fourth-order valence-corrected chi connectivity index (χ4v) is 4.87. The number of nitrogens with zero attached hydrogens (tertiary/aromatic N) is 1. The molecule has 5 rings (SSSR count). The zero-order valence-corrected chi connectivity index (χ0v) is 16.0. The molecule has 1 aromatic carbocycles. The maximum absolute atomic E-state index is 12.0. The van der Waals surface area contributed by atoms with E-state index in [2.05, 4.69) is 45.9 Å². The molecule has 5 nitrogen and oxygen atoms in total. The fraction of sp³-hybridized carbons (Fsp3) is 0.682. The van der Waals surface area contributed by atoms with Gasteiger partial charge in [-0.3, -0.25) is 9.69 Å². The predicted molar refractivity (Wildman–Crippen MR) is 105 cm³/mol. The minimum Gasteiger partial charge on any atom is -0.373 e. The summed E-state index contributed by atoms with van der Waals surface area (Å²) < 4.78 is 6.30. The lowest BCUT2D eigenvalue weighted by Crippen LogP contribution is -2.48. The Labute approximate surface area is 161 Å². The lowest BCUT2D eigenvalue weighted by Gasteiger charge is -2.38. The van der Waals surface area contributed by atoms with Crippen molar-refractivity contribution in [2.24, 2.45) is 0 Å². The molecule has 2 saturated heterocycles. The molecule has 0 bridgehead atoms. The molecule has 5 heteroatoms. The van der Waals surface area contributed by atoms with E-state index >= 15 is 0 Å². The molecule has 4 fully saturated rings. The number of rotatable bonds is 6. The zero-order chi connectivity index (χ0) is 18.3. The summed E-state index contributed by atoms with van der Waals surface area (Å²) in [6, 6.07) is 12.4. The molecule has 4 aliphatic rings. The number of benzene rings is 1. The molecular formula is C22H31N3O2. The van der Waals surface area contributed by atoms with Gasteiger partial charge in [-0.1, -0.05) is 30.3 Å². The zero-order valence-electron chi connectivity index (χ0n) is 16.0. The van der Waals surface area contributed by atoms with Crippen molar-refractivity contribution in [1.29, 1.82) is 0 Å². The second kappa shape index (κ2) is 7.19. The first kappa shape index (κ1) is 17.7. The molecule has 3 unspecified atom stereocenters. The van der Waals surface area contributed by atoms with E-state index in [1.807, 2.05) is 0 Å². The number of amides is 1. The van der Waals surface area contributed by atoms with Gasteiger partial charge in [0.25, 0.3) is 0 Å². The third-order valence-corrected chi connectivity index (χ3v) is 6.75. The highest BCUT2D eigenvalue weighted by molar-refractivity contribution is 5.78. The first-order valence-electron chi connectivity index (χ1n) is 10.7. The summed E-state index contributed by atoms with van der Waals surface area (Å²) in [4.78, 5) is 14.3. The molecule has 1 amide bonds. The monoisotopic (exact) mass is 369 g/mol. The number of hydrogen-bond acceptors (Lipinski definition) is 4. The van der Waals surface area contributed by atoms with Gasteiger partial charge in [0.15, 0.2) is 0 Å². The maximum Gasteiger partial charge on any atom is 0.234 e. The second-order valence-electron chi connectivity index (χ2n) is 9.04. The Kier molecular flexibility index (Phi) is 4.70. The number of carbonyl (C=O) groups is 1. The highest BCUT2D eigenvalue weighted by Crippen LogP contribution is 2.43. The van der Waals surface area contributed by atoms with Crippen molar-refractivity contribution >= 4 is 5.91 Å². The SMILES string of the molecule is O=C(CN1CCC2(CC1)CC(NC1CC1c1ccccc1)CO2)NC1CC1. The molecule has 2 heterocycles. The minimum absolute atomic E-state index is 0.0399. The lowest BCUT2D eigenvalue weighted by molar-refractivity contribution is -0.123. The van der Waals surface area contributed by atoms with Crippen LogP contribution in [0.15, 0.2) is 30.3 Å². The van der Waals surface area contributed by atoms with Gasteiger partial charge in [0, 0.05) is 37.1 Å². The molecule has 1 aromatic rings. The van der Waals surface area contributed by atoms with Crippen LogP contribution in [0.4, 0.5) is 0 Å². The largest absolute Gasteiger partial charge is 0.373 e. The summed E-state index contributed by atoms with van der Waals surface area (Å²) in [7, 11) is 0. The van der Waals surface area contributed by atoms with E-state index in [1.165, 1.54) is 12.0 Å². The topological polar surface area (TPSA) is 53.6 Å². The van der Waals surface area contributed by atoms with Crippen molar-refractivity contribution in [3.8, 4) is 0 Å². The van der Waals surface area contributed by atoms with E-state index in [-0.39, 0.29) is 11.5 Å². The van der Waals surface area contributed by atoms with Crippen molar-refractivity contribution in [2.75, 3.05) is 26.2 Å². The van der Waals surface area contributed by atoms with Crippen LogP contribution in [0.2, 0.25) is 0 Å². The molecule has 2 saturated carbocycles. The lowest BCUT2D eigenvalue weighted by atomic mass is 9.87. The molecule has 146 valence electrons. The number of piperidine rings is 1. The standard InChI is InChI=1S/C22H31N3O2/c26-21(24-17-6-7-17)14-25-10-8-22(9-11-25)13-18(15-27-22)23-20-12-19(20)16-4-2-1-3-5-16/h1-5,17-20,23H,6-15H2,(H,24,26). The molecule has 1 spiro atoms. The highest BCUT2D eigenvalue weighted by Gasteiger charge is 2.46. The predicted octanol–water partition coefficient (Wildman–Crippen LogP) is 2.03. The van der Waals surface area contributed by atoms with Crippen LogP contribution in [0.1, 0.15) is 50.0 Å². The van der Waals surface area contributed by atoms with Gasteiger partial charge >= 0.3 is 0 Å². The van der Waals surface area contributed by atoms with Crippen LogP contribution in [0, 0.1) is 0 Å². The molecule has 3 atom stereocenters. The van der Waals surface area contributed by atoms with Crippen LogP contribution < -0.4 is 10.6 Å². The maximum atomic E-state index is 12.0. The van der Waals surface area contributed by atoms with E-state index in [4.69, 9.17) is 4.74 Å². The highest BCUT2D eigenvalue weighted by atomic mass is 16.5. The Hall–Kier alpha value is -1.43. The summed E-state index contributed by atoms with van der Waals surface area (Å²) >= 11 is 0. The third-order valence-electron chi connectivity index (χ3n) is 6.75. The van der Waals surface area contributed by atoms with Gasteiger partial charge in [-0.2, -0.15) is 0 Å². The molecular weight excluding hydrogens is 338 g/mol. The van der Waals surface area contributed by atoms with Crippen LogP contribution in [0.3, 0.4) is 0 Å².